The monoisotopic (exact) mass is 846 g/mol. The van der Waals surface area contributed by atoms with Crippen LogP contribution >= 0.6 is 0 Å². The van der Waals surface area contributed by atoms with Gasteiger partial charge in [0.25, 0.3) is 32.1 Å². The second-order valence-corrected chi connectivity index (χ2v) is 14.7. The van der Waals surface area contributed by atoms with E-state index in [1.807, 2.05) is 0 Å². The average Bonchev–Trinajstić information content (AvgIpc) is 3.13. The smallest absolute Gasteiger partial charge is 1.00 e. The van der Waals surface area contributed by atoms with Crippen LogP contribution in [0.25, 0.3) is 21.5 Å². The molecule has 6 aromatic carbocycles. The van der Waals surface area contributed by atoms with Gasteiger partial charge in [0, 0.05) is 11.4 Å². The summed E-state index contributed by atoms with van der Waals surface area (Å²) in [6.45, 7) is 0. The first-order valence-electron chi connectivity index (χ1n) is 15.8. The van der Waals surface area contributed by atoms with Crippen molar-refractivity contribution in [2.24, 2.45) is 0 Å². The predicted octanol–water partition coefficient (Wildman–Crippen LogP) is 0.264. The SMILES string of the molecule is O=C(Nc1ccc(C(=O)Nc2cc3ccccc3cc2C(=O)O)c(S(=O)(=O)O)c1)Nc1ccc(C(=O)Nc2cc3ccccc3cc2C(=O)O)c(S(=O)(=O)O)c1.[H-].[H-].[Na+].[Na+]. The van der Waals surface area contributed by atoms with E-state index in [0.29, 0.717) is 21.5 Å². The Morgan fingerprint density at radius 1 is 0.448 bits per heavy atom. The minimum absolute atomic E-state index is 0. The molecule has 0 aliphatic heterocycles. The zero-order valence-corrected chi connectivity index (χ0v) is 35.8. The Kier molecular flexibility index (Phi) is 14.3. The van der Waals surface area contributed by atoms with Crippen LogP contribution in [0.4, 0.5) is 27.5 Å². The van der Waals surface area contributed by atoms with Gasteiger partial charge in [-0.05, 0) is 82.2 Å². The van der Waals surface area contributed by atoms with Crippen molar-refractivity contribution in [3.05, 3.63) is 131 Å². The van der Waals surface area contributed by atoms with Gasteiger partial charge in [-0.3, -0.25) is 18.7 Å². The van der Waals surface area contributed by atoms with Gasteiger partial charge in [0.15, 0.2) is 0 Å². The van der Waals surface area contributed by atoms with E-state index in [-0.39, 0.29) is 95.8 Å². The van der Waals surface area contributed by atoms with Gasteiger partial charge in [-0.2, -0.15) is 16.8 Å². The Labute approximate surface area is 375 Å². The molecule has 8 N–H and O–H groups in total. The number of nitrogens with one attached hydrogen (secondary N) is 4. The molecule has 0 aliphatic carbocycles. The molecule has 288 valence electrons. The van der Waals surface area contributed by atoms with E-state index in [4.69, 9.17) is 0 Å². The second-order valence-electron chi connectivity index (χ2n) is 12.0. The van der Waals surface area contributed by atoms with E-state index in [0.717, 1.165) is 36.4 Å². The number of carboxylic acids is 2. The summed E-state index contributed by atoms with van der Waals surface area (Å²) in [6.07, 6.45) is 0. The maximum Gasteiger partial charge on any atom is 1.00 e. The van der Waals surface area contributed by atoms with Crippen molar-refractivity contribution in [1.29, 1.82) is 0 Å². The van der Waals surface area contributed by atoms with Gasteiger partial charge in [-0.1, -0.05) is 48.5 Å². The molecule has 58 heavy (non-hydrogen) atoms. The molecule has 0 bridgehead atoms. The summed E-state index contributed by atoms with van der Waals surface area (Å²) in [6, 6.07) is 23.1. The zero-order chi connectivity index (χ0) is 40.5. The summed E-state index contributed by atoms with van der Waals surface area (Å²) >= 11 is 0. The van der Waals surface area contributed by atoms with Crippen LogP contribution in [0.1, 0.15) is 44.3 Å². The molecule has 0 radical (unpaired) electrons. The number of aromatic carboxylic acids is 2. The molecule has 0 saturated heterocycles. The fourth-order valence-electron chi connectivity index (χ4n) is 5.72. The number of anilines is 4. The number of hydrogen-bond donors (Lipinski definition) is 8. The van der Waals surface area contributed by atoms with E-state index in [9.17, 15) is 60.1 Å². The third-order valence-corrected chi connectivity index (χ3v) is 10.0. The van der Waals surface area contributed by atoms with Crippen molar-refractivity contribution in [3.8, 4) is 0 Å². The molecule has 21 heteroatoms. The Morgan fingerprint density at radius 3 is 1.09 bits per heavy atom. The number of hydrogen-bond acceptors (Lipinski definition) is 9. The topological polar surface area (TPSA) is 283 Å². The summed E-state index contributed by atoms with van der Waals surface area (Å²) in [5, 5.41) is 30.8. The van der Waals surface area contributed by atoms with Crippen LogP contribution in [-0.2, 0) is 20.2 Å². The molecule has 4 amide bonds. The van der Waals surface area contributed by atoms with Gasteiger partial charge in [0.1, 0.15) is 9.79 Å². The van der Waals surface area contributed by atoms with Gasteiger partial charge in [-0.15, -0.1) is 0 Å². The molecule has 0 aromatic heterocycles. The van der Waals surface area contributed by atoms with Gasteiger partial charge < -0.3 is 34.3 Å². The number of fused-ring (bicyclic) bond motifs is 2. The molecule has 0 saturated carbocycles. The molecule has 0 fully saturated rings. The largest absolute Gasteiger partial charge is 1.00 e. The maximum atomic E-state index is 13.3. The summed E-state index contributed by atoms with van der Waals surface area (Å²) < 4.78 is 69.3. The van der Waals surface area contributed by atoms with Crippen molar-refractivity contribution >= 4 is 94.3 Å². The van der Waals surface area contributed by atoms with E-state index in [2.05, 4.69) is 21.3 Å². The molecule has 0 aliphatic rings. The molecule has 0 heterocycles. The molecular weight excluding hydrogens is 819 g/mol. The minimum atomic E-state index is -5.14. The molecule has 17 nitrogen and oxygen atoms in total. The van der Waals surface area contributed by atoms with E-state index in [1.165, 1.54) is 24.3 Å². The zero-order valence-electron chi connectivity index (χ0n) is 32.2. The van der Waals surface area contributed by atoms with E-state index < -0.39 is 70.9 Å². The maximum absolute atomic E-state index is 13.3. The summed E-state index contributed by atoms with van der Waals surface area (Å²) in [4.78, 5) is 61.4. The normalized spacial score (nSPS) is 11.1. The fourth-order valence-corrected chi connectivity index (χ4v) is 7.15. The van der Waals surface area contributed by atoms with Gasteiger partial charge >= 0.3 is 77.1 Å². The summed E-state index contributed by atoms with van der Waals surface area (Å²) in [5.41, 5.74) is -2.76. The van der Waals surface area contributed by atoms with Crippen LogP contribution in [-0.4, -0.2) is 65.9 Å². The van der Waals surface area contributed by atoms with Gasteiger partial charge in [0.2, 0.25) is 0 Å². The van der Waals surface area contributed by atoms with Crippen LogP contribution in [0.15, 0.2) is 119 Å². The van der Waals surface area contributed by atoms with Crippen LogP contribution in [0, 0.1) is 0 Å². The van der Waals surface area contributed by atoms with Crippen molar-refractivity contribution in [2.45, 2.75) is 9.79 Å². The number of urea groups is 1. The first-order chi connectivity index (χ1) is 26.4. The van der Waals surface area contributed by atoms with Crippen molar-refractivity contribution in [1.82, 2.24) is 0 Å². The molecule has 0 unspecified atom stereocenters. The number of benzene rings is 6. The van der Waals surface area contributed by atoms with Crippen LogP contribution in [0.5, 0.6) is 0 Å². The molecule has 0 spiro atoms. The first-order valence-corrected chi connectivity index (χ1v) is 18.7. The molecule has 6 rings (SSSR count). The number of carbonyl (C=O) groups is 5. The fraction of sp³-hybridized carbons (Fsp3) is 0. The van der Waals surface area contributed by atoms with Crippen molar-refractivity contribution < 1.29 is 122 Å². The van der Waals surface area contributed by atoms with Crippen LogP contribution in [0.3, 0.4) is 0 Å². The van der Waals surface area contributed by atoms with E-state index >= 15 is 0 Å². The second kappa shape index (κ2) is 18.2. The summed E-state index contributed by atoms with van der Waals surface area (Å²) in [7, 11) is -10.3. The van der Waals surface area contributed by atoms with Crippen LogP contribution < -0.4 is 80.4 Å². The Hall–Kier alpha value is -5.19. The average molecular weight is 847 g/mol. The van der Waals surface area contributed by atoms with Crippen molar-refractivity contribution in [2.75, 3.05) is 21.3 Å². The first kappa shape index (κ1) is 45.5. The minimum Gasteiger partial charge on any atom is -1.00 e. The number of carbonyl (C=O) groups excluding carboxylic acids is 3. The molecule has 0 atom stereocenters. The standard InChI is InChI=1S/C37H26N4O13S2.2Na.2H/c42-33(40-29-15-21-7-3-1-5-19(21)13-27(29)35(44)45)25-11-9-23(17-31(25)55(49,50)51)38-37(48)39-24-10-12-26(32(18-24)56(52,53)54)34(43)41-30-16-22-8-4-2-6-20(22)14-28(30)36(46)47;;;;/h1-18H,(H,40,42)(H,41,43)(H,44,45)(H,46,47)(H2,38,39,48)(H,49,50,51)(H,52,53,54);;;;/q;2*+1;2*-1. The van der Waals surface area contributed by atoms with Gasteiger partial charge in [-0.25, -0.2) is 14.4 Å². The van der Waals surface area contributed by atoms with Crippen LogP contribution in [0.2, 0.25) is 0 Å². The Morgan fingerprint density at radius 2 is 0.776 bits per heavy atom. The van der Waals surface area contributed by atoms with Gasteiger partial charge in [0.05, 0.1) is 33.6 Å². The number of carboxylic acid groups (broad SMARTS) is 2. The van der Waals surface area contributed by atoms with Crippen molar-refractivity contribution in [3.63, 3.8) is 0 Å². The third kappa shape index (κ3) is 10.3. The molecular formula is C37H28N4Na2O13S2. The quantitative estimate of drug-likeness (QED) is 0.0680. The molecule has 6 aromatic rings. The third-order valence-electron chi connectivity index (χ3n) is 8.25. The number of amides is 4. The Balaban J connectivity index is 0.00000310. The predicted molar refractivity (Wildman–Crippen MR) is 205 cm³/mol. The number of rotatable bonds is 10. The Bertz CT molecular complexity index is 2730. The summed E-state index contributed by atoms with van der Waals surface area (Å²) in [5.74, 6) is -5.01. The van der Waals surface area contributed by atoms with E-state index in [1.54, 1.807) is 48.5 Å².